The van der Waals surface area contributed by atoms with Gasteiger partial charge >= 0.3 is 5.97 Å². The second-order valence-corrected chi connectivity index (χ2v) is 10.4. The molecule has 2 aliphatic carbocycles. The van der Waals surface area contributed by atoms with Crippen molar-refractivity contribution in [3.05, 3.63) is 69.7 Å². The highest BCUT2D eigenvalue weighted by atomic mass is 35.5. The van der Waals surface area contributed by atoms with E-state index in [1.54, 1.807) is 18.3 Å². The number of nitrogens with zero attached hydrogens (tertiary/aromatic N) is 3. The molecule has 3 aliphatic rings. The lowest BCUT2D eigenvalue weighted by Gasteiger charge is -2.30. The van der Waals surface area contributed by atoms with Crippen LogP contribution in [0.2, 0.25) is 10.0 Å². The summed E-state index contributed by atoms with van der Waals surface area (Å²) in [5, 5.41) is 5.45. The van der Waals surface area contributed by atoms with Gasteiger partial charge in [0, 0.05) is 42.0 Å². The lowest BCUT2D eigenvalue weighted by Crippen LogP contribution is -2.40. The summed E-state index contributed by atoms with van der Waals surface area (Å²) in [5.41, 5.74) is 2.79. The molecule has 0 N–H and O–H groups in total. The molecule has 35 heavy (non-hydrogen) atoms. The molecular formula is C26H25Cl2N3O4. The summed E-state index contributed by atoms with van der Waals surface area (Å²) < 4.78 is 17.7. The van der Waals surface area contributed by atoms with Crippen molar-refractivity contribution < 1.29 is 18.8 Å². The van der Waals surface area contributed by atoms with Crippen molar-refractivity contribution in [2.75, 3.05) is 13.3 Å². The number of carbonyl (C=O) groups is 1. The summed E-state index contributed by atoms with van der Waals surface area (Å²) in [7, 11) is 0. The average Bonchev–Trinajstić information content (AvgIpc) is 3.33. The Morgan fingerprint density at radius 1 is 1.14 bits per heavy atom. The van der Waals surface area contributed by atoms with E-state index >= 15 is 0 Å². The molecule has 2 aromatic heterocycles. The minimum atomic E-state index is -0.348. The van der Waals surface area contributed by atoms with Crippen LogP contribution in [-0.2, 0) is 16.1 Å². The maximum atomic E-state index is 12.2. The molecule has 7 nitrogen and oxygen atoms in total. The van der Waals surface area contributed by atoms with Crippen LogP contribution in [-0.4, -0.2) is 46.4 Å². The zero-order valence-electron chi connectivity index (χ0n) is 19.0. The number of hydrogen-bond acceptors (Lipinski definition) is 7. The molecule has 6 rings (SSSR count). The van der Waals surface area contributed by atoms with Crippen LogP contribution in [0.1, 0.15) is 53.3 Å². The Labute approximate surface area is 213 Å². The molecule has 2 saturated carbocycles. The van der Waals surface area contributed by atoms with E-state index in [1.165, 1.54) is 6.20 Å². The predicted octanol–water partition coefficient (Wildman–Crippen LogP) is 5.71. The first-order valence-electron chi connectivity index (χ1n) is 11.9. The zero-order chi connectivity index (χ0) is 23.9. The van der Waals surface area contributed by atoms with Crippen LogP contribution in [0, 0.1) is 5.92 Å². The molecule has 0 spiro atoms. The monoisotopic (exact) mass is 513 g/mol. The van der Waals surface area contributed by atoms with Crippen molar-refractivity contribution in [1.29, 1.82) is 0 Å². The number of aromatic nitrogens is 2. The molecular weight excluding hydrogens is 489 g/mol. The van der Waals surface area contributed by atoms with E-state index in [9.17, 15) is 4.79 Å². The van der Waals surface area contributed by atoms with Gasteiger partial charge in [-0.1, -0.05) is 34.4 Å². The number of benzene rings is 1. The average molecular weight is 514 g/mol. The van der Waals surface area contributed by atoms with Gasteiger partial charge in [-0.05, 0) is 55.9 Å². The Morgan fingerprint density at radius 2 is 1.97 bits per heavy atom. The zero-order valence-corrected chi connectivity index (χ0v) is 20.5. The second kappa shape index (κ2) is 9.54. The van der Waals surface area contributed by atoms with Gasteiger partial charge in [0.2, 0.25) is 0 Å². The van der Waals surface area contributed by atoms with E-state index < -0.39 is 0 Å². The van der Waals surface area contributed by atoms with Crippen molar-refractivity contribution in [3.8, 4) is 11.3 Å². The normalized spacial score (nSPS) is 23.7. The number of carbonyl (C=O) groups excluding carboxylic acids is 1. The van der Waals surface area contributed by atoms with Crippen LogP contribution in [0.25, 0.3) is 11.3 Å². The fraction of sp³-hybridized carbons (Fsp3) is 0.423. The van der Waals surface area contributed by atoms with Crippen molar-refractivity contribution >= 4 is 29.2 Å². The number of esters is 1. The molecule has 0 radical (unpaired) electrons. The van der Waals surface area contributed by atoms with Crippen molar-refractivity contribution in [1.82, 2.24) is 15.0 Å². The van der Waals surface area contributed by atoms with E-state index in [0.717, 1.165) is 43.6 Å². The van der Waals surface area contributed by atoms with Crippen LogP contribution in [0.5, 0.6) is 0 Å². The molecule has 182 valence electrons. The third-order valence-electron chi connectivity index (χ3n) is 7.26. The molecule has 1 aromatic carbocycles. The van der Waals surface area contributed by atoms with Gasteiger partial charge in [0.05, 0.1) is 28.3 Å². The van der Waals surface area contributed by atoms with Crippen molar-refractivity contribution in [2.45, 2.75) is 50.4 Å². The third kappa shape index (κ3) is 4.58. The summed E-state index contributed by atoms with van der Waals surface area (Å²) in [5.74, 6) is 1.33. The summed E-state index contributed by atoms with van der Waals surface area (Å²) in [6.45, 7) is 1.54. The quantitative estimate of drug-likeness (QED) is 0.356. The maximum absolute atomic E-state index is 12.2. The minimum absolute atomic E-state index is 0.141. The van der Waals surface area contributed by atoms with Gasteiger partial charge in [-0.15, -0.1) is 0 Å². The largest absolute Gasteiger partial charge is 0.446 e. The standard InChI is InChI=1S/C26H25Cl2N3O4/c27-20-4-1-5-21(28)23(20)24-19(25(35-30-24)15-6-7-15)13-33-22-10-18-9-17(22)12-31(18)14-34-26(32)16-3-2-8-29-11-16/h1-5,8,11,15,17-18,22H,6-7,9-10,12-14H2/t17-,18-,22+/m0/s1. The molecule has 3 atom stereocenters. The summed E-state index contributed by atoms with van der Waals surface area (Å²) in [6, 6.07) is 9.22. The number of piperidine rings is 1. The van der Waals surface area contributed by atoms with E-state index in [0.29, 0.717) is 51.4 Å². The third-order valence-corrected chi connectivity index (χ3v) is 7.89. The van der Waals surface area contributed by atoms with E-state index in [-0.39, 0.29) is 18.8 Å². The number of rotatable bonds is 8. The summed E-state index contributed by atoms with van der Waals surface area (Å²) >= 11 is 12.9. The van der Waals surface area contributed by atoms with Crippen LogP contribution in [0.15, 0.2) is 47.2 Å². The van der Waals surface area contributed by atoms with Gasteiger partial charge in [0.25, 0.3) is 0 Å². The Bertz CT molecular complexity index is 1210. The van der Waals surface area contributed by atoms with Crippen molar-refractivity contribution in [2.24, 2.45) is 5.92 Å². The number of fused-ring (bicyclic) bond motifs is 2. The maximum Gasteiger partial charge on any atom is 0.341 e. The van der Waals surface area contributed by atoms with Gasteiger partial charge in [0.1, 0.15) is 18.2 Å². The fourth-order valence-corrected chi connectivity index (χ4v) is 5.88. The first-order valence-corrected chi connectivity index (χ1v) is 12.7. The van der Waals surface area contributed by atoms with Gasteiger partial charge in [-0.25, -0.2) is 4.79 Å². The highest BCUT2D eigenvalue weighted by molar-refractivity contribution is 6.39. The lowest BCUT2D eigenvalue weighted by atomic mass is 10.0. The Hall–Kier alpha value is -2.45. The molecule has 2 bridgehead atoms. The highest BCUT2D eigenvalue weighted by Gasteiger charge is 2.46. The van der Waals surface area contributed by atoms with Crippen LogP contribution < -0.4 is 0 Å². The predicted molar refractivity (Wildman–Crippen MR) is 130 cm³/mol. The fourth-order valence-electron chi connectivity index (χ4n) is 5.31. The van der Waals surface area contributed by atoms with Crippen LogP contribution in [0.3, 0.4) is 0 Å². The molecule has 3 heterocycles. The van der Waals surface area contributed by atoms with Gasteiger partial charge < -0.3 is 14.0 Å². The van der Waals surface area contributed by atoms with Crippen molar-refractivity contribution in [3.63, 3.8) is 0 Å². The number of hydrogen-bond donors (Lipinski definition) is 0. The minimum Gasteiger partial charge on any atom is -0.446 e. The van der Waals surface area contributed by atoms with E-state index in [4.69, 9.17) is 37.2 Å². The molecule has 9 heteroatoms. The Kier molecular flexibility index (Phi) is 6.26. The topological polar surface area (TPSA) is 77.7 Å². The van der Waals surface area contributed by atoms with Gasteiger partial charge in [-0.2, -0.15) is 0 Å². The Morgan fingerprint density at radius 3 is 2.66 bits per heavy atom. The van der Waals surface area contributed by atoms with E-state index in [2.05, 4.69) is 15.0 Å². The number of likely N-dealkylation sites (tertiary alicyclic amines) is 1. The molecule has 1 aliphatic heterocycles. The highest BCUT2D eigenvalue weighted by Crippen LogP contribution is 2.47. The molecule has 3 aromatic rings. The lowest BCUT2D eigenvalue weighted by molar-refractivity contribution is -0.0330. The van der Waals surface area contributed by atoms with Gasteiger partial charge in [0.15, 0.2) is 0 Å². The second-order valence-electron chi connectivity index (χ2n) is 9.55. The SMILES string of the molecule is O=C(OCN1C[C@@H]2C[C@H]1C[C@H]2OCc1c(-c2c(Cl)cccc2Cl)noc1C1CC1)c1cccnc1. The van der Waals surface area contributed by atoms with E-state index in [1.807, 2.05) is 18.2 Å². The molecule has 0 unspecified atom stereocenters. The van der Waals surface area contributed by atoms with Gasteiger partial charge in [-0.3, -0.25) is 9.88 Å². The Balaban J connectivity index is 1.10. The summed E-state index contributed by atoms with van der Waals surface area (Å²) in [4.78, 5) is 18.4. The number of halogens is 2. The smallest absolute Gasteiger partial charge is 0.341 e. The molecule has 1 saturated heterocycles. The first-order chi connectivity index (χ1) is 17.1. The van der Waals surface area contributed by atoms with Crippen LogP contribution in [0.4, 0.5) is 0 Å². The number of pyridine rings is 1. The number of ether oxygens (including phenoxy) is 2. The summed E-state index contributed by atoms with van der Waals surface area (Å²) in [6.07, 6.45) is 7.43. The molecule has 3 fully saturated rings. The molecule has 0 amide bonds. The van der Waals surface area contributed by atoms with Crippen LogP contribution >= 0.6 is 23.2 Å². The first kappa shape index (κ1) is 23.0.